The van der Waals surface area contributed by atoms with Gasteiger partial charge in [0, 0.05) is 16.0 Å². The molecule has 1 aliphatic carbocycles. The minimum Gasteiger partial charge on any atom is -0.249 e. The summed E-state index contributed by atoms with van der Waals surface area (Å²) in [6.07, 6.45) is 2.97. The van der Waals surface area contributed by atoms with Crippen LogP contribution in [0.5, 0.6) is 0 Å². The fraction of sp³-hybridized carbons (Fsp3) is 0.455. The molecule has 1 N–H and O–H groups in total. The van der Waals surface area contributed by atoms with Crippen LogP contribution in [0.25, 0.3) is 0 Å². The Morgan fingerprint density at radius 2 is 1.93 bits per heavy atom. The average molecular weight is 244 g/mol. The Labute approximate surface area is 95.6 Å². The minimum atomic E-state index is -2.57. The highest BCUT2D eigenvalue weighted by atomic mass is 35.5. The van der Waals surface area contributed by atoms with Gasteiger partial charge in [-0.2, -0.15) is 0 Å². The zero-order valence-corrected chi connectivity index (χ0v) is 9.98. The highest BCUT2D eigenvalue weighted by Gasteiger charge is 2.29. The van der Waals surface area contributed by atoms with E-state index in [-0.39, 0.29) is 5.25 Å². The Kier molecular flexibility index (Phi) is 3.03. The lowest BCUT2D eigenvalue weighted by Gasteiger charge is -2.27. The van der Waals surface area contributed by atoms with E-state index < -0.39 is 9.73 Å². The van der Waals surface area contributed by atoms with E-state index in [0.717, 1.165) is 24.8 Å². The molecule has 2 nitrogen and oxygen atoms in total. The van der Waals surface area contributed by atoms with E-state index in [1.807, 2.05) is 12.1 Å². The average Bonchev–Trinajstić information content (AvgIpc) is 2.14. The molecule has 1 atom stereocenters. The molecule has 0 aromatic heterocycles. The molecule has 0 amide bonds. The lowest BCUT2D eigenvalue weighted by molar-refractivity contribution is 0.500. The van der Waals surface area contributed by atoms with Crippen molar-refractivity contribution in [1.82, 2.24) is 0 Å². The predicted molar refractivity (Wildman–Crippen MR) is 62.8 cm³/mol. The number of benzene rings is 1. The van der Waals surface area contributed by atoms with Gasteiger partial charge in [-0.15, -0.1) is 11.6 Å². The Morgan fingerprint density at radius 3 is 2.33 bits per heavy atom. The van der Waals surface area contributed by atoms with E-state index in [4.69, 9.17) is 16.4 Å². The van der Waals surface area contributed by atoms with Crippen molar-refractivity contribution in [2.24, 2.45) is 0 Å². The van der Waals surface area contributed by atoms with Crippen molar-refractivity contribution in [2.45, 2.75) is 35.3 Å². The van der Waals surface area contributed by atoms with E-state index in [9.17, 15) is 4.21 Å². The second kappa shape index (κ2) is 4.14. The molecule has 0 bridgehead atoms. The first-order valence-electron chi connectivity index (χ1n) is 5.07. The van der Waals surface area contributed by atoms with Gasteiger partial charge in [-0.1, -0.05) is 18.6 Å². The van der Waals surface area contributed by atoms with Crippen molar-refractivity contribution >= 4 is 21.3 Å². The molecule has 4 heteroatoms. The van der Waals surface area contributed by atoms with Crippen LogP contribution in [0.15, 0.2) is 29.2 Å². The van der Waals surface area contributed by atoms with Crippen LogP contribution in [0, 0.1) is 4.78 Å². The van der Waals surface area contributed by atoms with Gasteiger partial charge in [0.05, 0.1) is 9.73 Å². The Hall–Kier alpha value is -0.540. The highest BCUT2D eigenvalue weighted by molar-refractivity contribution is 7.93. The van der Waals surface area contributed by atoms with Gasteiger partial charge >= 0.3 is 0 Å². The quantitative estimate of drug-likeness (QED) is 0.813. The summed E-state index contributed by atoms with van der Waals surface area (Å²) >= 11 is 5.68. The van der Waals surface area contributed by atoms with E-state index in [0.29, 0.717) is 10.8 Å². The van der Waals surface area contributed by atoms with Crippen LogP contribution in [0.3, 0.4) is 0 Å². The predicted octanol–water partition coefficient (Wildman–Crippen LogP) is 3.38. The first-order valence-corrected chi connectivity index (χ1v) is 7.23. The standard InChI is InChI=1S/C11H14ClNOS/c12-8-9-4-6-11(7-5-9)15(13,14)10-2-1-3-10/h4-7,10,13H,1-3,8H2. The van der Waals surface area contributed by atoms with Crippen LogP contribution in [0.2, 0.25) is 0 Å². The second-order valence-corrected chi connectivity index (χ2v) is 6.54. The van der Waals surface area contributed by atoms with Crippen molar-refractivity contribution in [3.05, 3.63) is 29.8 Å². The third-order valence-electron chi connectivity index (χ3n) is 2.95. The molecule has 1 unspecified atom stereocenters. The summed E-state index contributed by atoms with van der Waals surface area (Å²) in [5, 5.41) is 0.0688. The summed E-state index contributed by atoms with van der Waals surface area (Å²) in [4.78, 5) is 0.654. The Balaban J connectivity index is 2.28. The van der Waals surface area contributed by atoms with E-state index in [2.05, 4.69) is 0 Å². The van der Waals surface area contributed by atoms with Gasteiger partial charge in [0.1, 0.15) is 0 Å². The molecular formula is C11H14ClNOS. The summed E-state index contributed by atoms with van der Waals surface area (Å²) in [5.74, 6) is 0.461. The summed E-state index contributed by atoms with van der Waals surface area (Å²) in [6.45, 7) is 0. The summed E-state index contributed by atoms with van der Waals surface area (Å²) in [7, 11) is -2.57. The summed E-state index contributed by atoms with van der Waals surface area (Å²) in [5.41, 5.74) is 1.00. The molecule has 1 aromatic carbocycles. The molecule has 2 rings (SSSR count). The van der Waals surface area contributed by atoms with Crippen molar-refractivity contribution < 1.29 is 4.21 Å². The first kappa shape index (κ1) is 11.0. The molecule has 1 saturated carbocycles. The van der Waals surface area contributed by atoms with E-state index in [1.54, 1.807) is 12.1 Å². The van der Waals surface area contributed by atoms with Gasteiger partial charge in [-0.3, -0.25) is 0 Å². The fourth-order valence-corrected chi connectivity index (χ4v) is 3.78. The van der Waals surface area contributed by atoms with Gasteiger partial charge < -0.3 is 0 Å². The Morgan fingerprint density at radius 1 is 1.33 bits per heavy atom. The van der Waals surface area contributed by atoms with Gasteiger partial charge in [-0.25, -0.2) is 8.99 Å². The smallest absolute Gasteiger partial charge is 0.0755 e. The van der Waals surface area contributed by atoms with Crippen molar-refractivity contribution in [3.8, 4) is 0 Å². The number of alkyl halides is 1. The van der Waals surface area contributed by atoms with Crippen molar-refractivity contribution in [2.75, 3.05) is 0 Å². The molecule has 15 heavy (non-hydrogen) atoms. The zero-order valence-electron chi connectivity index (χ0n) is 8.41. The van der Waals surface area contributed by atoms with Crippen molar-refractivity contribution in [3.63, 3.8) is 0 Å². The summed E-state index contributed by atoms with van der Waals surface area (Å²) in [6, 6.07) is 7.28. The van der Waals surface area contributed by atoms with Crippen LogP contribution in [-0.2, 0) is 15.6 Å². The molecule has 1 fully saturated rings. The maximum atomic E-state index is 12.2. The first-order chi connectivity index (χ1) is 7.14. The SMILES string of the molecule is N=S(=O)(c1ccc(CCl)cc1)C1CCC1. The fourth-order valence-electron chi connectivity index (χ4n) is 1.68. The monoisotopic (exact) mass is 243 g/mol. The second-order valence-electron chi connectivity index (χ2n) is 3.93. The highest BCUT2D eigenvalue weighted by Crippen LogP contribution is 2.31. The molecule has 0 radical (unpaired) electrons. The number of nitrogens with one attached hydrogen (secondary N) is 1. The summed E-state index contributed by atoms with van der Waals surface area (Å²) < 4.78 is 20.2. The minimum absolute atomic E-state index is 0.0688. The van der Waals surface area contributed by atoms with Gasteiger partial charge in [0.15, 0.2) is 0 Å². The van der Waals surface area contributed by atoms with Gasteiger partial charge in [-0.05, 0) is 30.5 Å². The lowest BCUT2D eigenvalue weighted by atomic mass is 10.00. The largest absolute Gasteiger partial charge is 0.249 e. The Bertz CT molecular complexity index is 434. The molecular weight excluding hydrogens is 230 g/mol. The zero-order chi connectivity index (χ0) is 10.9. The normalized spacial score (nSPS) is 20.6. The number of hydrogen-bond donors (Lipinski definition) is 1. The van der Waals surface area contributed by atoms with E-state index in [1.165, 1.54) is 0 Å². The maximum Gasteiger partial charge on any atom is 0.0755 e. The number of rotatable bonds is 3. The van der Waals surface area contributed by atoms with Crippen LogP contribution < -0.4 is 0 Å². The molecule has 82 valence electrons. The topological polar surface area (TPSA) is 40.9 Å². The molecule has 0 saturated heterocycles. The molecule has 0 aliphatic heterocycles. The third kappa shape index (κ3) is 2.04. The lowest BCUT2D eigenvalue weighted by Crippen LogP contribution is -2.27. The molecule has 1 aromatic rings. The molecule has 1 aliphatic rings. The van der Waals surface area contributed by atoms with Crippen LogP contribution in [-0.4, -0.2) is 9.46 Å². The van der Waals surface area contributed by atoms with Crippen LogP contribution in [0.1, 0.15) is 24.8 Å². The van der Waals surface area contributed by atoms with Gasteiger partial charge in [0.25, 0.3) is 0 Å². The van der Waals surface area contributed by atoms with E-state index >= 15 is 0 Å². The van der Waals surface area contributed by atoms with Gasteiger partial charge in [0.2, 0.25) is 0 Å². The van der Waals surface area contributed by atoms with Crippen LogP contribution >= 0.6 is 11.6 Å². The van der Waals surface area contributed by atoms with Crippen molar-refractivity contribution in [1.29, 1.82) is 4.78 Å². The number of hydrogen-bond acceptors (Lipinski definition) is 2. The van der Waals surface area contributed by atoms with Crippen LogP contribution in [0.4, 0.5) is 0 Å². The maximum absolute atomic E-state index is 12.2. The number of halogens is 1. The molecule has 0 spiro atoms. The third-order valence-corrected chi connectivity index (χ3v) is 5.64. The molecule has 0 heterocycles.